The zero-order chi connectivity index (χ0) is 25.9. The van der Waals surface area contributed by atoms with Gasteiger partial charge in [-0.15, -0.1) is 0 Å². The number of nitrogens with one attached hydrogen (secondary N) is 2. The molecule has 192 valence electrons. The molecule has 1 fully saturated rings. The summed E-state index contributed by atoms with van der Waals surface area (Å²) in [5.74, 6) is 0.426. The van der Waals surface area contributed by atoms with Gasteiger partial charge in [0, 0.05) is 25.4 Å². The van der Waals surface area contributed by atoms with E-state index in [0.29, 0.717) is 40.0 Å². The number of aliphatic hydroxyl groups excluding tert-OH is 1. The number of carbonyl (C=O) groups is 1. The molecule has 0 atom stereocenters. The average molecular weight is 533 g/mol. The molecule has 2 aromatic carbocycles. The van der Waals surface area contributed by atoms with Crippen molar-refractivity contribution >= 4 is 38.2 Å². The van der Waals surface area contributed by atoms with E-state index in [1.807, 2.05) is 0 Å². The smallest absolute Gasteiger partial charge is 0.323 e. The van der Waals surface area contributed by atoms with Gasteiger partial charge in [-0.25, -0.2) is 18.2 Å². The number of aliphatic hydroxyl groups is 1. The van der Waals surface area contributed by atoms with Gasteiger partial charge in [0.2, 0.25) is 0 Å². The maximum atomic E-state index is 13.2. The van der Waals surface area contributed by atoms with E-state index in [0.717, 1.165) is 12.8 Å². The van der Waals surface area contributed by atoms with Crippen molar-refractivity contribution in [2.45, 2.75) is 24.7 Å². The Morgan fingerprint density at radius 2 is 1.89 bits per heavy atom. The van der Waals surface area contributed by atoms with Crippen molar-refractivity contribution in [2.75, 3.05) is 36.8 Å². The Morgan fingerprint density at radius 3 is 2.53 bits per heavy atom. The first-order valence-corrected chi connectivity index (χ1v) is 13.6. The minimum Gasteiger partial charge on any atom is -0.508 e. The molecule has 1 saturated heterocycles. The zero-order valence-electron chi connectivity index (χ0n) is 19.9. The van der Waals surface area contributed by atoms with Crippen LogP contribution >= 0.6 is 11.3 Å². The number of ether oxygens (including phenoxy) is 1. The molecule has 1 aromatic heterocycles. The van der Waals surface area contributed by atoms with Crippen molar-refractivity contribution in [1.29, 1.82) is 0 Å². The average Bonchev–Trinajstić information content (AvgIpc) is 3.24. The van der Waals surface area contributed by atoms with Crippen molar-refractivity contribution in [3.8, 4) is 21.9 Å². The van der Waals surface area contributed by atoms with Crippen molar-refractivity contribution in [1.82, 2.24) is 9.88 Å². The normalized spacial score (nSPS) is 14.5. The highest BCUT2D eigenvalue weighted by Gasteiger charge is 2.25. The third kappa shape index (κ3) is 5.72. The topological polar surface area (TPSA) is 141 Å². The molecule has 2 amide bonds. The molecule has 10 nitrogen and oxygen atoms in total. The number of urea groups is 1. The number of piperidine rings is 1. The van der Waals surface area contributed by atoms with E-state index in [1.54, 1.807) is 24.0 Å². The molecule has 1 aliphatic rings. The van der Waals surface area contributed by atoms with Crippen LogP contribution in [0.4, 0.5) is 15.6 Å². The van der Waals surface area contributed by atoms with Crippen LogP contribution in [0, 0.1) is 12.8 Å². The van der Waals surface area contributed by atoms with Gasteiger partial charge in [-0.3, -0.25) is 10.0 Å². The number of benzene rings is 2. The fourth-order valence-corrected chi connectivity index (χ4v) is 6.18. The molecule has 2 heterocycles. The second kappa shape index (κ2) is 10.7. The summed E-state index contributed by atoms with van der Waals surface area (Å²) in [6.45, 7) is 3.07. The molecule has 0 spiro atoms. The van der Waals surface area contributed by atoms with Crippen LogP contribution in [0.5, 0.6) is 11.5 Å². The van der Waals surface area contributed by atoms with Crippen LogP contribution in [0.2, 0.25) is 0 Å². The summed E-state index contributed by atoms with van der Waals surface area (Å²) in [5.41, 5.74) is 1.55. The number of nitrogens with zero attached hydrogens (tertiary/aromatic N) is 2. The summed E-state index contributed by atoms with van der Waals surface area (Å²) in [6, 6.07) is 10.3. The van der Waals surface area contributed by atoms with E-state index in [2.05, 4.69) is 15.0 Å². The Bertz CT molecular complexity index is 1330. The first kappa shape index (κ1) is 25.7. The summed E-state index contributed by atoms with van der Waals surface area (Å²) < 4.78 is 34.1. The van der Waals surface area contributed by atoms with Crippen molar-refractivity contribution < 1.29 is 28.2 Å². The Hall–Kier alpha value is -3.35. The largest absolute Gasteiger partial charge is 0.508 e. The number of aromatic hydroxyl groups is 1. The minimum absolute atomic E-state index is 0.0238. The molecule has 4 N–H and O–H groups in total. The quantitative estimate of drug-likeness (QED) is 0.339. The SMILES string of the molecule is COc1ccc(-c2sc(NC(=O)N3CCC(CO)CC3)nc2C)cc1S(=O)(=O)Nc1ccc(O)cc1. The third-order valence-electron chi connectivity index (χ3n) is 6.01. The highest BCUT2D eigenvalue weighted by atomic mass is 32.2. The number of aryl methyl sites for hydroxylation is 1. The molecule has 1 aliphatic heterocycles. The fourth-order valence-electron chi connectivity index (χ4n) is 3.97. The molecule has 0 unspecified atom stereocenters. The van der Waals surface area contributed by atoms with Crippen molar-refractivity contribution in [3.05, 3.63) is 48.2 Å². The fraction of sp³-hybridized carbons (Fsp3) is 0.333. The first-order chi connectivity index (χ1) is 17.2. The Morgan fingerprint density at radius 1 is 1.19 bits per heavy atom. The molecule has 0 aliphatic carbocycles. The van der Waals surface area contributed by atoms with Gasteiger partial charge in [0.25, 0.3) is 10.0 Å². The van der Waals surface area contributed by atoms with Crippen LogP contribution in [-0.4, -0.2) is 61.4 Å². The van der Waals surface area contributed by atoms with Gasteiger partial charge in [0.1, 0.15) is 16.4 Å². The number of phenolic OH excluding ortho intramolecular Hbond substituents is 1. The molecule has 12 heteroatoms. The summed E-state index contributed by atoms with van der Waals surface area (Å²) in [7, 11) is -2.62. The lowest BCUT2D eigenvalue weighted by Crippen LogP contribution is -2.41. The lowest BCUT2D eigenvalue weighted by molar-refractivity contribution is 0.143. The molecule has 0 radical (unpaired) electrons. The number of aromatic nitrogens is 1. The number of sulfonamides is 1. The highest BCUT2D eigenvalue weighted by Crippen LogP contribution is 2.37. The van der Waals surface area contributed by atoms with Gasteiger partial charge in [0.15, 0.2) is 5.13 Å². The lowest BCUT2D eigenvalue weighted by Gasteiger charge is -2.30. The van der Waals surface area contributed by atoms with Crippen molar-refractivity contribution in [2.24, 2.45) is 5.92 Å². The Kier molecular flexibility index (Phi) is 7.67. The van der Waals surface area contributed by atoms with Crippen LogP contribution in [0.25, 0.3) is 10.4 Å². The number of amides is 2. The number of hydrogen-bond acceptors (Lipinski definition) is 8. The number of likely N-dealkylation sites (tertiary alicyclic amines) is 1. The van der Waals surface area contributed by atoms with E-state index in [4.69, 9.17) is 4.74 Å². The summed E-state index contributed by atoms with van der Waals surface area (Å²) in [6.07, 6.45) is 1.51. The van der Waals surface area contributed by atoms with E-state index in [1.165, 1.54) is 48.8 Å². The second-order valence-corrected chi connectivity index (χ2v) is 11.1. The molecule has 0 bridgehead atoms. The minimum atomic E-state index is -4.01. The highest BCUT2D eigenvalue weighted by molar-refractivity contribution is 7.92. The molecular formula is C24H28N4O6S2. The van der Waals surface area contributed by atoms with Gasteiger partial charge in [-0.2, -0.15) is 0 Å². The van der Waals surface area contributed by atoms with E-state index < -0.39 is 10.0 Å². The number of thiazole rings is 1. The number of methoxy groups -OCH3 is 1. The zero-order valence-corrected chi connectivity index (χ0v) is 21.5. The monoisotopic (exact) mass is 532 g/mol. The molecule has 3 aromatic rings. The molecule has 4 rings (SSSR count). The van der Waals surface area contributed by atoms with E-state index in [9.17, 15) is 23.4 Å². The maximum absolute atomic E-state index is 13.2. The van der Waals surface area contributed by atoms with Gasteiger partial charge >= 0.3 is 6.03 Å². The van der Waals surface area contributed by atoms with Crippen LogP contribution < -0.4 is 14.8 Å². The Labute approximate surface area is 213 Å². The predicted octanol–water partition coefficient (Wildman–Crippen LogP) is 3.87. The number of phenols is 1. The van der Waals surface area contributed by atoms with Crippen LogP contribution in [-0.2, 0) is 10.0 Å². The molecular weight excluding hydrogens is 504 g/mol. The number of hydrogen-bond donors (Lipinski definition) is 4. The van der Waals surface area contributed by atoms with Crippen molar-refractivity contribution in [3.63, 3.8) is 0 Å². The summed E-state index contributed by atoms with van der Waals surface area (Å²) in [5, 5.41) is 22.0. The summed E-state index contributed by atoms with van der Waals surface area (Å²) in [4.78, 5) is 19.5. The Balaban J connectivity index is 1.56. The van der Waals surface area contributed by atoms with Gasteiger partial charge in [-0.05, 0) is 73.7 Å². The molecule has 36 heavy (non-hydrogen) atoms. The predicted molar refractivity (Wildman–Crippen MR) is 138 cm³/mol. The lowest BCUT2D eigenvalue weighted by atomic mass is 9.98. The number of rotatable bonds is 7. The van der Waals surface area contributed by atoms with Crippen LogP contribution in [0.1, 0.15) is 18.5 Å². The van der Waals surface area contributed by atoms with Gasteiger partial charge in [0.05, 0.1) is 17.7 Å². The van der Waals surface area contributed by atoms with Gasteiger partial charge in [-0.1, -0.05) is 11.3 Å². The van der Waals surface area contributed by atoms with Crippen LogP contribution in [0.3, 0.4) is 0 Å². The third-order valence-corrected chi connectivity index (χ3v) is 8.53. The second-order valence-electron chi connectivity index (χ2n) is 8.49. The van der Waals surface area contributed by atoms with E-state index in [-0.39, 0.29) is 35.0 Å². The maximum Gasteiger partial charge on any atom is 0.323 e. The summed E-state index contributed by atoms with van der Waals surface area (Å²) >= 11 is 1.25. The molecule has 0 saturated carbocycles. The van der Waals surface area contributed by atoms with Gasteiger partial charge < -0.3 is 19.8 Å². The standard InChI is InChI=1S/C24H28N4O6S2/c1-15-22(35-23(25-15)26-24(31)28-11-9-16(14-29)10-12-28)17-3-8-20(34-2)21(13-17)36(32,33)27-18-4-6-19(30)7-5-18/h3-8,13,16,27,29-30H,9-12,14H2,1-2H3,(H,25,26,31). The first-order valence-electron chi connectivity index (χ1n) is 11.3. The number of anilines is 2. The number of carbonyl (C=O) groups excluding carboxylic acids is 1. The van der Waals surface area contributed by atoms with E-state index >= 15 is 0 Å². The van der Waals surface area contributed by atoms with Crippen LogP contribution in [0.15, 0.2) is 47.4 Å².